The Morgan fingerprint density at radius 3 is 3.06 bits per heavy atom. The molecule has 0 radical (unpaired) electrons. The number of hydrogen-bond donors (Lipinski definition) is 1. The second-order valence-corrected chi connectivity index (χ2v) is 4.93. The number of rotatable bonds is 6. The maximum absolute atomic E-state index is 5.92. The van der Waals surface area contributed by atoms with Crippen molar-refractivity contribution in [1.82, 2.24) is 5.32 Å². The lowest BCUT2D eigenvalue weighted by Crippen LogP contribution is -2.29. The molecule has 0 aromatic carbocycles. The van der Waals surface area contributed by atoms with Crippen LogP contribution in [-0.4, -0.2) is 19.3 Å². The Balaban J connectivity index is 1.53. The summed E-state index contributed by atoms with van der Waals surface area (Å²) in [7, 11) is 0. The van der Waals surface area contributed by atoms with Crippen molar-refractivity contribution in [3.8, 4) is 0 Å². The van der Waals surface area contributed by atoms with Gasteiger partial charge in [-0.05, 0) is 30.9 Å². The maximum Gasteiger partial charge on any atom is 0.117 e. The average Bonchev–Trinajstić information content (AvgIpc) is 2.84. The van der Waals surface area contributed by atoms with E-state index in [0.29, 0.717) is 6.10 Å². The molecule has 1 aliphatic rings. The van der Waals surface area contributed by atoms with E-state index in [-0.39, 0.29) is 0 Å². The average molecular weight is 237 g/mol. The van der Waals surface area contributed by atoms with E-state index in [4.69, 9.17) is 9.15 Å². The second-order valence-electron chi connectivity index (χ2n) is 4.93. The van der Waals surface area contributed by atoms with E-state index < -0.39 is 0 Å². The fourth-order valence-corrected chi connectivity index (χ4v) is 2.44. The van der Waals surface area contributed by atoms with Crippen molar-refractivity contribution in [3.05, 3.63) is 24.2 Å². The van der Waals surface area contributed by atoms with Crippen LogP contribution in [0.25, 0.3) is 0 Å². The third-order valence-corrected chi connectivity index (χ3v) is 3.52. The molecule has 3 nitrogen and oxygen atoms in total. The fraction of sp³-hybridized carbons (Fsp3) is 0.714. The molecule has 2 unspecified atom stereocenters. The molecular weight excluding hydrogens is 214 g/mol. The van der Waals surface area contributed by atoms with Crippen molar-refractivity contribution >= 4 is 0 Å². The van der Waals surface area contributed by atoms with Gasteiger partial charge < -0.3 is 14.5 Å². The Labute approximate surface area is 104 Å². The van der Waals surface area contributed by atoms with E-state index in [0.717, 1.165) is 31.4 Å². The first-order valence-corrected chi connectivity index (χ1v) is 6.71. The van der Waals surface area contributed by atoms with Crippen molar-refractivity contribution in [2.75, 3.05) is 13.2 Å². The monoisotopic (exact) mass is 237 g/mol. The summed E-state index contributed by atoms with van der Waals surface area (Å²) in [4.78, 5) is 0. The minimum absolute atomic E-state index is 0.481. The highest BCUT2D eigenvalue weighted by molar-refractivity contribution is 4.97. The van der Waals surface area contributed by atoms with Gasteiger partial charge in [-0.2, -0.15) is 0 Å². The molecule has 2 atom stereocenters. The molecule has 3 heteroatoms. The lowest BCUT2D eigenvalue weighted by atomic mass is 9.88. The highest BCUT2D eigenvalue weighted by Gasteiger charge is 2.21. The van der Waals surface area contributed by atoms with Crippen molar-refractivity contribution in [2.24, 2.45) is 5.92 Å². The van der Waals surface area contributed by atoms with Crippen molar-refractivity contribution in [1.29, 1.82) is 0 Å². The standard InChI is InChI=1S/C14H23NO2/c1-12-5-2-3-7-14(12)17-10-8-15-11-13-6-4-9-16-13/h4,6,9,12,14-15H,2-3,5,7-8,10-11H2,1H3. The molecule has 0 spiro atoms. The van der Waals surface area contributed by atoms with Crippen LogP contribution < -0.4 is 5.32 Å². The van der Waals surface area contributed by atoms with Crippen LogP contribution in [0.3, 0.4) is 0 Å². The first-order chi connectivity index (χ1) is 8.36. The SMILES string of the molecule is CC1CCCCC1OCCNCc1ccco1. The van der Waals surface area contributed by atoms with Crippen molar-refractivity contribution < 1.29 is 9.15 Å². The number of furan rings is 1. The van der Waals surface area contributed by atoms with Crippen LogP contribution in [-0.2, 0) is 11.3 Å². The molecule has 1 saturated carbocycles. The predicted molar refractivity (Wildman–Crippen MR) is 67.8 cm³/mol. The zero-order valence-electron chi connectivity index (χ0n) is 10.7. The summed E-state index contributed by atoms with van der Waals surface area (Å²) < 4.78 is 11.2. The molecular formula is C14H23NO2. The molecule has 0 amide bonds. The molecule has 2 rings (SSSR count). The van der Waals surface area contributed by atoms with Gasteiger partial charge in [-0.15, -0.1) is 0 Å². The quantitative estimate of drug-likeness (QED) is 0.772. The molecule has 1 N–H and O–H groups in total. The van der Waals surface area contributed by atoms with E-state index in [9.17, 15) is 0 Å². The van der Waals surface area contributed by atoms with Gasteiger partial charge in [-0.3, -0.25) is 0 Å². The second kappa shape index (κ2) is 6.82. The Bertz CT molecular complexity index is 297. The minimum Gasteiger partial charge on any atom is -0.468 e. The summed E-state index contributed by atoms with van der Waals surface area (Å²) in [6, 6.07) is 3.90. The molecule has 1 heterocycles. The van der Waals surface area contributed by atoms with Crippen LogP contribution in [0.15, 0.2) is 22.8 Å². The van der Waals surface area contributed by atoms with Crippen molar-refractivity contribution in [3.63, 3.8) is 0 Å². The van der Waals surface area contributed by atoms with E-state index in [1.165, 1.54) is 25.7 Å². The summed E-state index contributed by atoms with van der Waals surface area (Å²) >= 11 is 0. The van der Waals surface area contributed by atoms with E-state index >= 15 is 0 Å². The number of ether oxygens (including phenoxy) is 1. The third kappa shape index (κ3) is 4.17. The van der Waals surface area contributed by atoms with Crippen molar-refractivity contribution in [2.45, 2.75) is 45.3 Å². The highest BCUT2D eigenvalue weighted by atomic mass is 16.5. The van der Waals surface area contributed by atoms with Crippen LogP contribution in [0.4, 0.5) is 0 Å². The summed E-state index contributed by atoms with van der Waals surface area (Å²) in [5, 5.41) is 3.32. The molecule has 1 fully saturated rings. The highest BCUT2D eigenvalue weighted by Crippen LogP contribution is 2.25. The lowest BCUT2D eigenvalue weighted by Gasteiger charge is -2.28. The van der Waals surface area contributed by atoms with E-state index in [2.05, 4.69) is 12.2 Å². The molecule has 0 bridgehead atoms. The number of nitrogens with one attached hydrogen (secondary N) is 1. The van der Waals surface area contributed by atoms with Crippen LogP contribution in [0.1, 0.15) is 38.4 Å². The van der Waals surface area contributed by atoms with Gasteiger partial charge >= 0.3 is 0 Å². The maximum atomic E-state index is 5.92. The molecule has 17 heavy (non-hydrogen) atoms. The van der Waals surface area contributed by atoms with E-state index in [1.54, 1.807) is 6.26 Å². The Morgan fingerprint density at radius 1 is 1.41 bits per heavy atom. The van der Waals surface area contributed by atoms with Gasteiger partial charge in [0.1, 0.15) is 5.76 Å². The Morgan fingerprint density at radius 2 is 2.29 bits per heavy atom. The Hall–Kier alpha value is -0.800. The molecule has 0 aliphatic heterocycles. The summed E-state index contributed by atoms with van der Waals surface area (Å²) in [6.45, 7) is 4.79. The summed E-state index contributed by atoms with van der Waals surface area (Å²) in [5.41, 5.74) is 0. The Kier molecular flexibility index (Phi) is 5.08. The smallest absolute Gasteiger partial charge is 0.117 e. The van der Waals surface area contributed by atoms with Gasteiger partial charge in [-0.25, -0.2) is 0 Å². The largest absolute Gasteiger partial charge is 0.468 e. The van der Waals surface area contributed by atoms with Crippen LogP contribution in [0.5, 0.6) is 0 Å². The molecule has 1 aromatic rings. The van der Waals surface area contributed by atoms with Gasteiger partial charge in [0, 0.05) is 6.54 Å². The molecule has 96 valence electrons. The zero-order chi connectivity index (χ0) is 11.9. The molecule has 0 saturated heterocycles. The zero-order valence-corrected chi connectivity index (χ0v) is 10.7. The predicted octanol–water partition coefficient (Wildman–Crippen LogP) is 2.96. The van der Waals surface area contributed by atoms with Gasteiger partial charge in [0.2, 0.25) is 0 Å². The minimum atomic E-state index is 0.481. The van der Waals surface area contributed by atoms with E-state index in [1.807, 2.05) is 12.1 Å². The normalized spacial score (nSPS) is 25.0. The van der Waals surface area contributed by atoms with Crippen LogP contribution in [0, 0.1) is 5.92 Å². The fourth-order valence-electron chi connectivity index (χ4n) is 2.44. The number of hydrogen-bond acceptors (Lipinski definition) is 3. The molecule has 1 aromatic heterocycles. The van der Waals surface area contributed by atoms with Gasteiger partial charge in [-0.1, -0.05) is 19.8 Å². The summed E-state index contributed by atoms with van der Waals surface area (Å²) in [5.74, 6) is 1.71. The van der Waals surface area contributed by atoms with Gasteiger partial charge in [0.15, 0.2) is 0 Å². The molecule has 1 aliphatic carbocycles. The van der Waals surface area contributed by atoms with Gasteiger partial charge in [0.25, 0.3) is 0 Å². The van der Waals surface area contributed by atoms with Crippen LogP contribution >= 0.6 is 0 Å². The van der Waals surface area contributed by atoms with Crippen LogP contribution in [0.2, 0.25) is 0 Å². The lowest BCUT2D eigenvalue weighted by molar-refractivity contribution is -0.00331. The summed E-state index contributed by atoms with van der Waals surface area (Å²) in [6.07, 6.45) is 7.45. The van der Waals surface area contributed by atoms with Gasteiger partial charge in [0.05, 0.1) is 25.5 Å². The topological polar surface area (TPSA) is 34.4 Å². The first kappa shape index (κ1) is 12.7. The first-order valence-electron chi connectivity index (χ1n) is 6.71. The third-order valence-electron chi connectivity index (χ3n) is 3.52.